The summed E-state index contributed by atoms with van der Waals surface area (Å²) in [5.41, 5.74) is 9.96. The number of carbonyl (C=O) groups excluding carboxylic acids is 1. The molecule has 2 rings (SSSR count). The minimum absolute atomic E-state index is 0. The van der Waals surface area contributed by atoms with Gasteiger partial charge in [0.1, 0.15) is 0 Å². The third-order valence-electron chi connectivity index (χ3n) is 3.18. The molecule has 1 aromatic rings. The van der Waals surface area contributed by atoms with Gasteiger partial charge in [0.05, 0.1) is 17.7 Å². The Morgan fingerprint density at radius 1 is 1.33 bits per heavy atom. The number of carboxylic acid groups (broad SMARTS) is 1. The maximum atomic E-state index is 10.8. The van der Waals surface area contributed by atoms with Crippen LogP contribution >= 0.6 is 0 Å². The molecule has 120 valence electrons. The molecule has 1 aliphatic carbocycles. The van der Waals surface area contributed by atoms with E-state index in [0.29, 0.717) is 4.57 Å². The molecule has 0 radical (unpaired) electrons. The van der Waals surface area contributed by atoms with Crippen molar-refractivity contribution in [2.24, 2.45) is 18.5 Å². The minimum atomic E-state index is -1.63. The molecule has 21 heavy (non-hydrogen) atoms. The van der Waals surface area contributed by atoms with Crippen LogP contribution in [0.15, 0.2) is 10.9 Å². The number of rotatable bonds is 1. The monoisotopic (exact) mass is 477 g/mol. The van der Waals surface area contributed by atoms with Gasteiger partial charge in [-0.15, -0.1) is 0 Å². The van der Waals surface area contributed by atoms with Crippen LogP contribution < -0.4 is 27.2 Å². The predicted octanol–water partition coefficient (Wildman–Crippen LogP) is -2.57. The van der Waals surface area contributed by atoms with Crippen LogP contribution in [0.5, 0.6) is 6.01 Å². The molecule has 0 aliphatic heterocycles. The molecule has 0 aromatic carbocycles. The van der Waals surface area contributed by atoms with E-state index in [2.05, 4.69) is 4.98 Å². The summed E-state index contributed by atoms with van der Waals surface area (Å²) >= 11 is 0. The van der Waals surface area contributed by atoms with Gasteiger partial charge < -0.3 is 31.0 Å². The van der Waals surface area contributed by atoms with Gasteiger partial charge in [-0.1, -0.05) is 12.8 Å². The predicted molar refractivity (Wildman–Crippen MR) is 67.7 cm³/mol. The fraction of sp³-hybridized carbons (Fsp3) is 0.583. The number of hydrogen-bond donors (Lipinski definition) is 2. The summed E-state index contributed by atoms with van der Waals surface area (Å²) in [7, 11) is 1.21. The van der Waals surface area contributed by atoms with Crippen molar-refractivity contribution >= 4 is 5.97 Å². The van der Waals surface area contributed by atoms with Crippen LogP contribution in [0.1, 0.15) is 36.2 Å². The Labute approximate surface area is 136 Å². The van der Waals surface area contributed by atoms with Crippen molar-refractivity contribution in [3.8, 4) is 6.01 Å². The first-order valence-corrected chi connectivity index (χ1v) is 6.30. The molecule has 1 aromatic heterocycles. The molecular weight excluding hydrogens is 459 g/mol. The fourth-order valence-electron chi connectivity index (χ4n) is 1.81. The Morgan fingerprint density at radius 2 is 1.81 bits per heavy atom. The number of carbonyl (C=O) groups is 1. The quantitative estimate of drug-likeness (QED) is 0.451. The van der Waals surface area contributed by atoms with E-state index in [0.717, 1.165) is 18.9 Å². The van der Waals surface area contributed by atoms with Crippen LogP contribution in [0.4, 0.5) is 0 Å². The van der Waals surface area contributed by atoms with Crippen molar-refractivity contribution in [3.63, 3.8) is 0 Å². The van der Waals surface area contributed by atoms with Gasteiger partial charge in [0, 0.05) is 25.2 Å². The van der Waals surface area contributed by atoms with E-state index in [9.17, 15) is 19.8 Å². The van der Waals surface area contributed by atoms with Crippen molar-refractivity contribution < 1.29 is 36.1 Å². The standard InChI is InChI=1S/C6H6N2O4.C6H14N2.Pt/c1-8-4(9)2-3(5(10)11)7-6(8)12;7-5-3-1-2-4-6(5)8;/h2H,1H3,(H,7,12)(H,10,11);5-6H,1-4,7-8H2;/q;;+2/p-2. The Bertz CT molecular complexity index is 524. The van der Waals surface area contributed by atoms with Crippen molar-refractivity contribution in [1.29, 1.82) is 0 Å². The topological polar surface area (TPSA) is 150 Å². The largest absolute Gasteiger partial charge is 2.00 e. The normalized spacial score (nSPS) is 20.7. The number of aromatic nitrogens is 2. The van der Waals surface area contributed by atoms with Gasteiger partial charge >= 0.3 is 21.1 Å². The summed E-state index contributed by atoms with van der Waals surface area (Å²) in [6.45, 7) is 0. The van der Waals surface area contributed by atoms with Gasteiger partial charge in [-0.25, -0.2) is 4.98 Å². The summed E-state index contributed by atoms with van der Waals surface area (Å²) in [5, 5.41) is 20.9. The van der Waals surface area contributed by atoms with Crippen LogP contribution in [-0.4, -0.2) is 27.6 Å². The zero-order chi connectivity index (χ0) is 15.3. The van der Waals surface area contributed by atoms with E-state index < -0.39 is 23.2 Å². The molecule has 1 fully saturated rings. The van der Waals surface area contributed by atoms with Crippen LogP contribution in [-0.2, 0) is 28.1 Å². The first-order valence-electron chi connectivity index (χ1n) is 6.30. The van der Waals surface area contributed by atoms with Gasteiger partial charge in [0.2, 0.25) is 0 Å². The van der Waals surface area contributed by atoms with Gasteiger partial charge in [-0.3, -0.25) is 4.79 Å². The van der Waals surface area contributed by atoms with Crippen LogP contribution in [0.3, 0.4) is 0 Å². The molecule has 2 unspecified atom stereocenters. The second-order valence-corrected chi connectivity index (χ2v) is 4.72. The van der Waals surface area contributed by atoms with Crippen molar-refractivity contribution in [2.45, 2.75) is 37.8 Å². The van der Waals surface area contributed by atoms with Gasteiger partial charge in [-0.05, 0) is 12.8 Å². The summed E-state index contributed by atoms with van der Waals surface area (Å²) in [6.07, 6.45) is 4.80. The molecular formula is C12H18N4O4Pt. The Morgan fingerprint density at radius 3 is 2.14 bits per heavy atom. The molecule has 2 atom stereocenters. The second kappa shape index (κ2) is 8.92. The van der Waals surface area contributed by atoms with E-state index in [1.54, 1.807) is 0 Å². The van der Waals surface area contributed by atoms with Crippen molar-refractivity contribution in [3.05, 3.63) is 22.1 Å². The molecule has 1 aliphatic rings. The number of aromatic carboxylic acids is 1. The molecule has 9 heteroatoms. The number of hydrogen-bond acceptors (Lipinski definition) is 7. The molecule has 0 amide bonds. The maximum Gasteiger partial charge on any atom is 2.00 e. The molecule has 8 nitrogen and oxygen atoms in total. The smallest absolute Gasteiger partial charge is 0.846 e. The molecule has 4 N–H and O–H groups in total. The molecule has 1 heterocycles. The molecule has 1 saturated carbocycles. The zero-order valence-electron chi connectivity index (χ0n) is 11.6. The summed E-state index contributed by atoms with van der Waals surface area (Å²) in [5.74, 6) is -1.63. The first-order chi connectivity index (χ1) is 9.32. The van der Waals surface area contributed by atoms with E-state index in [-0.39, 0.29) is 33.1 Å². The zero-order valence-corrected chi connectivity index (χ0v) is 13.8. The summed E-state index contributed by atoms with van der Waals surface area (Å²) in [6, 6.07) is 0.394. The molecule has 0 bridgehead atoms. The SMILES string of the molecule is Cn1c([O-])nc(C(=O)[O-])cc1=O.NC1CCCCC1N.[Pt+2]. The summed E-state index contributed by atoms with van der Waals surface area (Å²) < 4.78 is 0.701. The van der Waals surface area contributed by atoms with Gasteiger partial charge in [0.25, 0.3) is 5.56 Å². The van der Waals surface area contributed by atoms with Gasteiger partial charge in [0.15, 0.2) is 0 Å². The Hall–Kier alpha value is -1.24. The Balaban J connectivity index is 0.000000390. The van der Waals surface area contributed by atoms with Crippen molar-refractivity contribution in [2.75, 3.05) is 0 Å². The third-order valence-corrected chi connectivity index (χ3v) is 3.18. The number of nitrogens with two attached hydrogens (primary N) is 2. The maximum absolute atomic E-state index is 10.8. The molecule has 0 spiro atoms. The van der Waals surface area contributed by atoms with E-state index >= 15 is 0 Å². The number of carboxylic acids is 1. The summed E-state index contributed by atoms with van der Waals surface area (Å²) in [4.78, 5) is 24.0. The fourth-order valence-corrected chi connectivity index (χ4v) is 1.81. The van der Waals surface area contributed by atoms with E-state index in [1.165, 1.54) is 19.9 Å². The third kappa shape index (κ3) is 5.95. The van der Waals surface area contributed by atoms with Gasteiger partial charge in [-0.2, -0.15) is 0 Å². The van der Waals surface area contributed by atoms with Crippen LogP contribution in [0.2, 0.25) is 0 Å². The van der Waals surface area contributed by atoms with E-state index in [1.807, 2.05) is 0 Å². The minimum Gasteiger partial charge on any atom is -0.846 e. The average molecular weight is 477 g/mol. The first kappa shape index (κ1) is 19.8. The van der Waals surface area contributed by atoms with Crippen molar-refractivity contribution in [1.82, 2.24) is 9.55 Å². The van der Waals surface area contributed by atoms with Crippen LogP contribution in [0.25, 0.3) is 0 Å². The molecule has 0 saturated heterocycles. The average Bonchev–Trinajstić information content (AvgIpc) is 2.39. The van der Waals surface area contributed by atoms with E-state index in [4.69, 9.17) is 11.5 Å². The van der Waals surface area contributed by atoms with Crippen LogP contribution in [0, 0.1) is 0 Å². The second-order valence-electron chi connectivity index (χ2n) is 4.72. The Kier molecular flexibility index (Phi) is 8.39. The number of nitrogens with zero attached hydrogens (tertiary/aromatic N) is 2.